The van der Waals surface area contributed by atoms with E-state index in [1.54, 1.807) is 48.9 Å². The Kier molecular flexibility index (Phi) is 19.0. The van der Waals surface area contributed by atoms with E-state index in [1.807, 2.05) is 16.1 Å². The first-order valence-electron chi connectivity index (χ1n) is 24.3. The van der Waals surface area contributed by atoms with E-state index in [0.717, 1.165) is 4.60 Å². The molecule has 0 amide bonds. The predicted octanol–water partition coefficient (Wildman–Crippen LogP) is 13.0. The third-order valence-electron chi connectivity index (χ3n) is 12.9. The van der Waals surface area contributed by atoms with Crippen LogP contribution in [-0.2, 0) is 0 Å². The van der Waals surface area contributed by atoms with Gasteiger partial charge in [0, 0.05) is 0 Å². The fourth-order valence-corrected chi connectivity index (χ4v) is 16.7. The second kappa shape index (κ2) is 22.8. The summed E-state index contributed by atoms with van der Waals surface area (Å²) in [5.74, 6) is 4.10. The van der Waals surface area contributed by atoms with Gasteiger partial charge in [-0.3, -0.25) is 0 Å². The van der Waals surface area contributed by atoms with Crippen LogP contribution in [0.4, 0.5) is 0 Å². The van der Waals surface area contributed by atoms with Crippen molar-refractivity contribution in [2.45, 2.75) is 192 Å². The first-order chi connectivity index (χ1) is 29.5. The molecule has 0 fully saturated rings. The molecule has 0 atom stereocenters. The quantitative estimate of drug-likeness (QED) is 0.116. The molecule has 338 valence electrons. The Morgan fingerprint density at radius 3 is 0.857 bits per heavy atom. The van der Waals surface area contributed by atoms with E-state index in [1.165, 1.54) is 33.3 Å². The SMILES string of the molecule is CC(C)c1cc(C(C)C)c([Si](/C=C\[Si](c2c(C(C)C)cc(C(C)C)cc2C(C)C)c2c(C(C)C)cc(C(C)C)cc2C(C)C)c2ccccc2)c(C(C)C)c1.CC1=C(C)N[C](=[Ge])N1. The summed E-state index contributed by atoms with van der Waals surface area (Å²) in [7, 11) is -2.76. The fourth-order valence-electron chi connectivity index (χ4n) is 8.79. The van der Waals surface area contributed by atoms with Crippen molar-refractivity contribution in [1.29, 1.82) is 0 Å². The second-order valence-electron chi connectivity index (χ2n) is 21.0. The van der Waals surface area contributed by atoms with Gasteiger partial charge in [-0.2, -0.15) is 0 Å². The van der Waals surface area contributed by atoms with Crippen molar-refractivity contribution in [2.75, 3.05) is 0 Å². The van der Waals surface area contributed by atoms with Gasteiger partial charge in [-0.25, -0.2) is 0 Å². The summed E-state index contributed by atoms with van der Waals surface area (Å²) in [4.78, 5) is 0. The van der Waals surface area contributed by atoms with Gasteiger partial charge in [0.05, 0.1) is 0 Å². The Hall–Kier alpha value is -3.19. The van der Waals surface area contributed by atoms with E-state index in [9.17, 15) is 0 Å². The van der Waals surface area contributed by atoms with Crippen LogP contribution >= 0.6 is 0 Å². The molecule has 0 unspecified atom stereocenters. The van der Waals surface area contributed by atoms with Gasteiger partial charge in [-0.1, -0.05) is 208 Å². The van der Waals surface area contributed by atoms with E-state index in [-0.39, 0.29) is 0 Å². The molecule has 2 nitrogen and oxygen atoms in total. The van der Waals surface area contributed by atoms with E-state index in [0.29, 0.717) is 53.3 Å². The second-order valence-corrected chi connectivity index (χ2v) is 26.5. The van der Waals surface area contributed by atoms with Crippen molar-refractivity contribution in [3.8, 4) is 0 Å². The van der Waals surface area contributed by atoms with E-state index in [2.05, 4.69) is 227 Å². The van der Waals surface area contributed by atoms with Crippen molar-refractivity contribution in [3.05, 3.63) is 140 Å². The van der Waals surface area contributed by atoms with E-state index in [4.69, 9.17) is 0 Å². The summed E-state index contributed by atoms with van der Waals surface area (Å²) in [5.41, 5.74) is 21.8. The Morgan fingerprint density at radius 1 is 0.381 bits per heavy atom. The number of allylic oxidation sites excluding steroid dienone is 2. The zero-order valence-electron chi connectivity index (χ0n) is 43.2. The molecule has 4 aromatic rings. The normalized spacial score (nSPS) is 13.5. The molecule has 1 aliphatic heterocycles. The number of hydrogen-bond donors (Lipinski definition) is 2. The van der Waals surface area contributed by atoms with Crippen LogP contribution in [0.2, 0.25) is 0 Å². The summed E-state index contributed by atoms with van der Waals surface area (Å²) < 4.78 is 1.13. The fraction of sp³-hybridized carbons (Fsp3) is 0.500. The van der Waals surface area contributed by atoms with Crippen LogP contribution in [-0.4, -0.2) is 38.3 Å². The Balaban J connectivity index is 0.000000976. The molecule has 5 heteroatoms. The van der Waals surface area contributed by atoms with E-state index < -0.39 is 17.6 Å². The summed E-state index contributed by atoms with van der Waals surface area (Å²) in [5, 5.41) is 12.7. The van der Waals surface area contributed by atoms with Gasteiger partial charge in [0.15, 0.2) is 0 Å². The molecular weight excluding hydrogens is 853 g/mol. The van der Waals surface area contributed by atoms with Crippen molar-refractivity contribution in [3.63, 3.8) is 0 Å². The van der Waals surface area contributed by atoms with Gasteiger partial charge in [0.2, 0.25) is 0 Å². The predicted molar refractivity (Wildman–Crippen MR) is 287 cm³/mol. The zero-order valence-corrected chi connectivity index (χ0v) is 47.3. The van der Waals surface area contributed by atoms with E-state index >= 15 is 0 Å². The molecule has 0 aromatic heterocycles. The van der Waals surface area contributed by atoms with Gasteiger partial charge in [0.25, 0.3) is 0 Å². The molecule has 0 saturated heterocycles. The van der Waals surface area contributed by atoms with Crippen LogP contribution in [0, 0.1) is 0 Å². The molecule has 5 rings (SSSR count). The first kappa shape index (κ1) is 52.4. The van der Waals surface area contributed by atoms with Crippen LogP contribution in [0.5, 0.6) is 0 Å². The van der Waals surface area contributed by atoms with Gasteiger partial charge in [-0.15, -0.1) is 0 Å². The average Bonchev–Trinajstić information content (AvgIpc) is 3.51. The summed E-state index contributed by atoms with van der Waals surface area (Å²) >= 11 is 2.01. The van der Waals surface area contributed by atoms with Crippen molar-refractivity contribution in [1.82, 2.24) is 10.6 Å². The number of benzene rings is 4. The van der Waals surface area contributed by atoms with Gasteiger partial charge >= 0.3 is 56.5 Å². The van der Waals surface area contributed by atoms with Crippen LogP contribution in [0.15, 0.2) is 89.5 Å². The minimum absolute atomic E-state index is 0.433. The molecule has 63 heavy (non-hydrogen) atoms. The summed E-state index contributed by atoms with van der Waals surface area (Å²) in [6, 6.07) is 27.1. The molecule has 1 aliphatic rings. The molecule has 0 bridgehead atoms. The molecule has 4 radical (unpaired) electrons. The Labute approximate surface area is 398 Å². The molecule has 0 aliphatic carbocycles. The zero-order chi connectivity index (χ0) is 47.2. The number of hydrogen-bond acceptors (Lipinski definition) is 2. The van der Waals surface area contributed by atoms with Crippen molar-refractivity contribution < 1.29 is 0 Å². The number of rotatable bonds is 15. The molecule has 0 saturated carbocycles. The first-order valence-corrected chi connectivity index (χ1v) is 28.5. The van der Waals surface area contributed by atoms with Crippen molar-refractivity contribution >= 4 is 59.0 Å². The molecular formula is C58H84GeN2Si2. The maximum atomic E-state index is 3.15. The summed E-state index contributed by atoms with van der Waals surface area (Å²) in [6.45, 7) is 47.4. The van der Waals surface area contributed by atoms with Gasteiger partial charge in [-0.05, 0) is 119 Å². The third-order valence-corrected chi connectivity index (χ3v) is 19.1. The monoisotopic (exact) mass is 939 g/mol. The average molecular weight is 938 g/mol. The van der Waals surface area contributed by atoms with Crippen molar-refractivity contribution in [2.24, 2.45) is 0 Å². The molecule has 4 aromatic carbocycles. The van der Waals surface area contributed by atoms with Crippen LogP contribution < -0.4 is 31.4 Å². The van der Waals surface area contributed by atoms with Crippen LogP contribution in [0.3, 0.4) is 0 Å². The third kappa shape index (κ3) is 12.8. The van der Waals surface area contributed by atoms with Gasteiger partial charge in [0.1, 0.15) is 17.6 Å². The Morgan fingerprint density at radius 2 is 0.635 bits per heavy atom. The van der Waals surface area contributed by atoms with Gasteiger partial charge < -0.3 is 0 Å². The molecule has 0 spiro atoms. The maximum absolute atomic E-state index is 3.15. The topological polar surface area (TPSA) is 24.1 Å². The Bertz CT molecular complexity index is 2060. The van der Waals surface area contributed by atoms with Crippen LogP contribution in [0.1, 0.15) is 242 Å². The number of nitrogens with one attached hydrogen (secondary N) is 2. The minimum atomic E-state index is -1.43. The standard InChI is InChI=1S/C53H76Si2.C5H8GeN2/c1-32(2)41-26-45(35(7)8)51(46(27-41)36(9)10)54(44-22-20-19-21-23-44)24-25-55(52-47(37(11)12)28-42(33(3)4)29-48(52)38(13)14)53-49(39(15)16)30-43(34(5)6)31-50(53)40(17)18;1-3-4(2)8-5(6)7-3/h19-40H,1-18H3;7-8H,1-2H3/b25-24-;. The molecule has 1 heterocycles. The van der Waals surface area contributed by atoms with Crippen LogP contribution in [0.25, 0.3) is 0 Å². The molecule has 2 N–H and O–H groups in total. The summed E-state index contributed by atoms with van der Waals surface area (Å²) in [6.07, 6.45) is 0.